The molecule has 1 amide bonds. The maximum atomic E-state index is 12.6. The Hall–Kier alpha value is -0.900. The van der Waals surface area contributed by atoms with Gasteiger partial charge in [-0.1, -0.05) is 17.7 Å². The van der Waals surface area contributed by atoms with Crippen molar-refractivity contribution in [3.8, 4) is 0 Å². The molecule has 1 aromatic heterocycles. The number of nitrogens with one attached hydrogen (secondary N) is 1. The van der Waals surface area contributed by atoms with Crippen LogP contribution in [-0.2, 0) is 9.47 Å². The number of morpholine rings is 1. The summed E-state index contributed by atoms with van der Waals surface area (Å²) < 4.78 is 11.4. The molecule has 3 rings (SSSR count). The minimum absolute atomic E-state index is 0.0370. The van der Waals surface area contributed by atoms with E-state index in [1.54, 1.807) is 18.2 Å². The van der Waals surface area contributed by atoms with E-state index in [1.807, 2.05) is 0 Å². The Morgan fingerprint density at radius 3 is 2.93 bits per heavy atom. The van der Waals surface area contributed by atoms with Crippen molar-refractivity contribution in [2.24, 2.45) is 5.92 Å². The smallest absolute Gasteiger partial charge is 0.270 e. The molecule has 0 spiro atoms. The molecule has 3 atom stereocenters. The third kappa shape index (κ3) is 7.08. The van der Waals surface area contributed by atoms with Crippen LogP contribution in [0.4, 0.5) is 0 Å². The van der Waals surface area contributed by atoms with Crippen molar-refractivity contribution in [3.63, 3.8) is 0 Å². The third-order valence-electron chi connectivity index (χ3n) is 5.55. The van der Waals surface area contributed by atoms with E-state index in [1.165, 1.54) is 0 Å². The number of ether oxygens (including phenoxy) is 2. The lowest BCUT2D eigenvalue weighted by molar-refractivity contribution is 0.00455. The Labute approximate surface area is 183 Å². The van der Waals surface area contributed by atoms with E-state index >= 15 is 0 Å². The van der Waals surface area contributed by atoms with Gasteiger partial charge in [-0.2, -0.15) is 12.6 Å². The van der Waals surface area contributed by atoms with Gasteiger partial charge in [0, 0.05) is 50.1 Å². The van der Waals surface area contributed by atoms with E-state index in [4.69, 9.17) is 21.1 Å². The van der Waals surface area contributed by atoms with Crippen LogP contribution < -0.4 is 5.32 Å². The van der Waals surface area contributed by atoms with Gasteiger partial charge >= 0.3 is 0 Å². The SMILES string of the molecule is CC(S)N1CCC(NC(=O)c2cccc(Cl)n2)C(COCCN2CCOCC2)C1. The number of pyridine rings is 1. The summed E-state index contributed by atoms with van der Waals surface area (Å²) in [5, 5.41) is 3.64. The number of halogens is 1. The van der Waals surface area contributed by atoms with Crippen LogP contribution in [0.15, 0.2) is 18.2 Å². The predicted octanol–water partition coefficient (Wildman–Crippen LogP) is 1.78. The van der Waals surface area contributed by atoms with Crippen LogP contribution in [0.3, 0.4) is 0 Å². The van der Waals surface area contributed by atoms with Gasteiger partial charge in [-0.15, -0.1) is 0 Å². The fraction of sp³-hybridized carbons (Fsp3) is 0.700. The van der Waals surface area contributed by atoms with Crippen molar-refractivity contribution < 1.29 is 14.3 Å². The second kappa shape index (κ2) is 11.5. The molecular weight excluding hydrogens is 412 g/mol. The number of hydrogen-bond donors (Lipinski definition) is 2. The van der Waals surface area contributed by atoms with E-state index in [0.29, 0.717) is 24.1 Å². The summed E-state index contributed by atoms with van der Waals surface area (Å²) in [6.45, 7) is 9.52. The molecular formula is C20H31ClN4O3S. The van der Waals surface area contributed by atoms with Crippen molar-refractivity contribution in [2.45, 2.75) is 24.8 Å². The summed E-state index contributed by atoms with van der Waals surface area (Å²) in [6.07, 6.45) is 0.856. The molecule has 0 bridgehead atoms. The Morgan fingerprint density at radius 1 is 1.41 bits per heavy atom. The predicted molar refractivity (Wildman–Crippen MR) is 117 cm³/mol. The molecule has 0 radical (unpaired) electrons. The van der Waals surface area contributed by atoms with Crippen LogP contribution >= 0.6 is 24.2 Å². The van der Waals surface area contributed by atoms with Gasteiger partial charge in [-0.05, 0) is 25.5 Å². The molecule has 1 aromatic rings. The number of piperidine rings is 1. The van der Waals surface area contributed by atoms with Gasteiger partial charge in [0.2, 0.25) is 0 Å². The number of likely N-dealkylation sites (tertiary alicyclic amines) is 1. The number of rotatable bonds is 8. The largest absolute Gasteiger partial charge is 0.380 e. The topological polar surface area (TPSA) is 66.9 Å². The maximum Gasteiger partial charge on any atom is 0.270 e. The van der Waals surface area contributed by atoms with Crippen molar-refractivity contribution >= 4 is 30.1 Å². The van der Waals surface area contributed by atoms with E-state index in [9.17, 15) is 4.79 Å². The maximum absolute atomic E-state index is 12.6. The lowest BCUT2D eigenvalue weighted by atomic mass is 9.92. The molecule has 0 aliphatic carbocycles. The zero-order valence-electron chi connectivity index (χ0n) is 16.9. The van der Waals surface area contributed by atoms with E-state index in [2.05, 4.69) is 39.7 Å². The summed E-state index contributed by atoms with van der Waals surface area (Å²) in [5.74, 6) is 0.00867. The quantitative estimate of drug-likeness (QED) is 0.363. The third-order valence-corrected chi connectivity index (χ3v) is 6.08. The summed E-state index contributed by atoms with van der Waals surface area (Å²) >= 11 is 10.5. The first-order chi connectivity index (χ1) is 14.0. The van der Waals surface area contributed by atoms with E-state index in [0.717, 1.165) is 52.4 Å². The van der Waals surface area contributed by atoms with Crippen LogP contribution in [0.5, 0.6) is 0 Å². The van der Waals surface area contributed by atoms with Gasteiger partial charge in [0.05, 0.1) is 26.4 Å². The molecule has 2 aliphatic rings. The number of carbonyl (C=O) groups is 1. The minimum Gasteiger partial charge on any atom is -0.380 e. The Bertz CT molecular complexity index is 660. The van der Waals surface area contributed by atoms with Crippen molar-refractivity contribution in [1.29, 1.82) is 0 Å². The number of thiol groups is 1. The van der Waals surface area contributed by atoms with Gasteiger partial charge in [0.15, 0.2) is 0 Å². The monoisotopic (exact) mass is 442 g/mol. The highest BCUT2D eigenvalue weighted by molar-refractivity contribution is 7.80. The Kier molecular flexibility index (Phi) is 9.02. The van der Waals surface area contributed by atoms with Crippen LogP contribution in [0.2, 0.25) is 5.15 Å². The number of hydrogen-bond acceptors (Lipinski definition) is 7. The standard InChI is InChI=1S/C20H31ClN4O3S/c1-15(29)25-6-5-17(23-20(26)18-3-2-4-19(21)22-18)16(13-25)14-28-12-9-24-7-10-27-11-8-24/h2-4,15-17,29H,5-14H2,1H3,(H,23,26). The molecule has 2 aliphatic heterocycles. The molecule has 0 aromatic carbocycles. The average Bonchev–Trinajstić information content (AvgIpc) is 2.72. The van der Waals surface area contributed by atoms with Crippen molar-refractivity contribution in [1.82, 2.24) is 20.1 Å². The van der Waals surface area contributed by atoms with Crippen molar-refractivity contribution in [2.75, 3.05) is 59.2 Å². The molecule has 2 saturated heterocycles. The molecule has 3 heterocycles. The lowest BCUT2D eigenvalue weighted by Gasteiger charge is -2.40. The fourth-order valence-electron chi connectivity index (χ4n) is 3.79. The summed E-state index contributed by atoms with van der Waals surface area (Å²) in [4.78, 5) is 21.4. The summed E-state index contributed by atoms with van der Waals surface area (Å²) in [6, 6.07) is 5.12. The van der Waals surface area contributed by atoms with E-state index < -0.39 is 0 Å². The zero-order valence-corrected chi connectivity index (χ0v) is 18.6. The highest BCUT2D eigenvalue weighted by atomic mass is 35.5. The second-order valence-electron chi connectivity index (χ2n) is 7.63. The second-order valence-corrected chi connectivity index (χ2v) is 8.76. The zero-order chi connectivity index (χ0) is 20.6. The molecule has 3 unspecified atom stereocenters. The van der Waals surface area contributed by atoms with Gasteiger partial charge in [0.1, 0.15) is 10.8 Å². The number of carbonyl (C=O) groups excluding carboxylic acids is 1. The van der Waals surface area contributed by atoms with Crippen molar-refractivity contribution in [3.05, 3.63) is 29.0 Å². The highest BCUT2D eigenvalue weighted by Gasteiger charge is 2.32. The van der Waals surface area contributed by atoms with Gasteiger partial charge < -0.3 is 14.8 Å². The molecule has 0 saturated carbocycles. The summed E-state index contributed by atoms with van der Waals surface area (Å²) in [5.41, 5.74) is 0.342. The van der Waals surface area contributed by atoms with Gasteiger partial charge in [0.25, 0.3) is 5.91 Å². The number of aromatic nitrogens is 1. The summed E-state index contributed by atoms with van der Waals surface area (Å²) in [7, 11) is 0. The molecule has 2 fully saturated rings. The molecule has 29 heavy (non-hydrogen) atoms. The lowest BCUT2D eigenvalue weighted by Crippen LogP contribution is -2.53. The molecule has 1 N–H and O–H groups in total. The first-order valence-corrected chi connectivity index (χ1v) is 11.2. The highest BCUT2D eigenvalue weighted by Crippen LogP contribution is 2.21. The first-order valence-electron chi connectivity index (χ1n) is 10.3. The van der Waals surface area contributed by atoms with Crippen LogP contribution in [0.1, 0.15) is 23.8 Å². The Morgan fingerprint density at radius 2 is 2.21 bits per heavy atom. The number of amides is 1. The van der Waals surface area contributed by atoms with Crippen LogP contribution in [-0.4, -0.2) is 91.3 Å². The fourth-order valence-corrected chi connectivity index (χ4v) is 4.16. The molecule has 7 nitrogen and oxygen atoms in total. The first kappa shape index (κ1) is 22.8. The van der Waals surface area contributed by atoms with Crippen LogP contribution in [0.25, 0.3) is 0 Å². The Balaban J connectivity index is 1.53. The number of nitrogens with zero attached hydrogens (tertiary/aromatic N) is 3. The van der Waals surface area contributed by atoms with Gasteiger partial charge in [-0.25, -0.2) is 4.98 Å². The average molecular weight is 443 g/mol. The van der Waals surface area contributed by atoms with E-state index in [-0.39, 0.29) is 23.2 Å². The molecule has 162 valence electrons. The van der Waals surface area contributed by atoms with Crippen LogP contribution in [0, 0.1) is 5.92 Å². The normalized spacial score (nSPS) is 24.9. The minimum atomic E-state index is -0.191. The van der Waals surface area contributed by atoms with Gasteiger partial charge in [-0.3, -0.25) is 14.6 Å². The molecule has 9 heteroatoms.